The monoisotopic (exact) mass is 230 g/mol. The fourth-order valence-corrected chi connectivity index (χ4v) is 2.01. The van der Waals surface area contributed by atoms with Crippen molar-refractivity contribution in [3.8, 4) is 0 Å². The summed E-state index contributed by atoms with van der Waals surface area (Å²) < 4.78 is 0. The molecule has 90 valence electrons. The van der Waals surface area contributed by atoms with Gasteiger partial charge in [0, 0.05) is 31.9 Å². The SMILES string of the molecule is CN1CCN(c2ccc(C=CC=O)cc2)CC1. The highest BCUT2D eigenvalue weighted by molar-refractivity contribution is 5.74. The molecular weight excluding hydrogens is 212 g/mol. The molecule has 0 bridgehead atoms. The van der Waals surface area contributed by atoms with Gasteiger partial charge >= 0.3 is 0 Å². The molecule has 0 spiro atoms. The second kappa shape index (κ2) is 5.64. The zero-order valence-electron chi connectivity index (χ0n) is 10.2. The first-order valence-electron chi connectivity index (χ1n) is 5.95. The lowest BCUT2D eigenvalue weighted by molar-refractivity contribution is -0.104. The average molecular weight is 230 g/mol. The highest BCUT2D eigenvalue weighted by Crippen LogP contribution is 2.17. The molecule has 1 fully saturated rings. The van der Waals surface area contributed by atoms with Crippen LogP contribution in [-0.4, -0.2) is 44.4 Å². The van der Waals surface area contributed by atoms with E-state index in [4.69, 9.17) is 0 Å². The Morgan fingerprint density at radius 2 is 1.71 bits per heavy atom. The maximum Gasteiger partial charge on any atom is 0.142 e. The van der Waals surface area contributed by atoms with Gasteiger partial charge in [0.2, 0.25) is 0 Å². The number of hydrogen-bond donors (Lipinski definition) is 0. The van der Waals surface area contributed by atoms with Crippen molar-refractivity contribution in [2.45, 2.75) is 0 Å². The Morgan fingerprint density at radius 1 is 1.06 bits per heavy atom. The van der Waals surface area contributed by atoms with Gasteiger partial charge in [-0.05, 0) is 30.8 Å². The van der Waals surface area contributed by atoms with Crippen molar-refractivity contribution in [2.24, 2.45) is 0 Å². The van der Waals surface area contributed by atoms with E-state index >= 15 is 0 Å². The molecule has 0 amide bonds. The van der Waals surface area contributed by atoms with Gasteiger partial charge in [-0.3, -0.25) is 4.79 Å². The number of piperazine rings is 1. The van der Waals surface area contributed by atoms with Crippen molar-refractivity contribution >= 4 is 18.0 Å². The van der Waals surface area contributed by atoms with Gasteiger partial charge in [-0.1, -0.05) is 18.2 Å². The van der Waals surface area contributed by atoms with E-state index in [0.29, 0.717) is 0 Å². The van der Waals surface area contributed by atoms with Crippen molar-refractivity contribution in [2.75, 3.05) is 38.1 Å². The number of benzene rings is 1. The summed E-state index contributed by atoms with van der Waals surface area (Å²) in [5.74, 6) is 0. The number of hydrogen-bond acceptors (Lipinski definition) is 3. The third kappa shape index (κ3) is 3.17. The summed E-state index contributed by atoms with van der Waals surface area (Å²) in [5, 5.41) is 0. The van der Waals surface area contributed by atoms with Crippen molar-refractivity contribution in [1.29, 1.82) is 0 Å². The van der Waals surface area contributed by atoms with Crippen LogP contribution in [0.3, 0.4) is 0 Å². The first kappa shape index (κ1) is 11.9. The molecule has 0 saturated carbocycles. The molecule has 1 aliphatic heterocycles. The number of allylic oxidation sites excluding steroid dienone is 1. The zero-order valence-corrected chi connectivity index (χ0v) is 10.2. The lowest BCUT2D eigenvalue weighted by Gasteiger charge is -2.34. The highest BCUT2D eigenvalue weighted by atomic mass is 16.1. The van der Waals surface area contributed by atoms with Crippen LogP contribution in [0.25, 0.3) is 6.08 Å². The Kier molecular flexibility index (Phi) is 3.94. The van der Waals surface area contributed by atoms with Gasteiger partial charge in [0.05, 0.1) is 0 Å². The molecule has 1 heterocycles. The number of likely N-dealkylation sites (N-methyl/N-ethyl adjacent to an activating group) is 1. The third-order valence-corrected chi connectivity index (χ3v) is 3.13. The first-order chi connectivity index (χ1) is 8.29. The predicted molar refractivity (Wildman–Crippen MR) is 71.3 cm³/mol. The number of nitrogens with zero attached hydrogens (tertiary/aromatic N) is 2. The van der Waals surface area contributed by atoms with Gasteiger partial charge in [-0.2, -0.15) is 0 Å². The molecule has 1 aromatic carbocycles. The Morgan fingerprint density at radius 3 is 2.29 bits per heavy atom. The molecule has 0 N–H and O–H groups in total. The van der Waals surface area contributed by atoms with Gasteiger partial charge < -0.3 is 9.80 Å². The van der Waals surface area contributed by atoms with Gasteiger partial charge in [-0.25, -0.2) is 0 Å². The van der Waals surface area contributed by atoms with Gasteiger partial charge in [0.25, 0.3) is 0 Å². The standard InChI is InChI=1S/C14H18N2O/c1-15-8-10-16(11-9-15)14-6-4-13(5-7-14)3-2-12-17/h2-7,12H,8-11H2,1H3. The smallest absolute Gasteiger partial charge is 0.142 e. The molecule has 0 radical (unpaired) electrons. The van der Waals surface area contributed by atoms with Crippen LogP contribution in [0.2, 0.25) is 0 Å². The molecule has 3 heteroatoms. The second-order valence-corrected chi connectivity index (χ2v) is 4.38. The summed E-state index contributed by atoms with van der Waals surface area (Å²) in [6.07, 6.45) is 4.14. The van der Waals surface area contributed by atoms with Crippen LogP contribution in [0, 0.1) is 0 Å². The summed E-state index contributed by atoms with van der Waals surface area (Å²) in [7, 11) is 2.16. The lowest BCUT2D eigenvalue weighted by Crippen LogP contribution is -2.44. The van der Waals surface area contributed by atoms with E-state index in [1.165, 1.54) is 11.8 Å². The predicted octanol–water partition coefficient (Wildman–Crippen LogP) is 1.65. The van der Waals surface area contributed by atoms with Crippen LogP contribution in [-0.2, 0) is 4.79 Å². The number of anilines is 1. The fraction of sp³-hybridized carbons (Fsp3) is 0.357. The number of rotatable bonds is 3. The highest BCUT2D eigenvalue weighted by Gasteiger charge is 2.13. The van der Waals surface area contributed by atoms with Crippen LogP contribution >= 0.6 is 0 Å². The van der Waals surface area contributed by atoms with Crippen LogP contribution in [0.15, 0.2) is 30.3 Å². The Hall–Kier alpha value is -1.61. The normalized spacial score (nSPS) is 17.6. The third-order valence-electron chi connectivity index (χ3n) is 3.13. The van der Waals surface area contributed by atoms with Gasteiger partial charge in [-0.15, -0.1) is 0 Å². The van der Waals surface area contributed by atoms with Crippen LogP contribution in [0.1, 0.15) is 5.56 Å². The van der Waals surface area contributed by atoms with Gasteiger partial charge in [0.1, 0.15) is 6.29 Å². The van der Waals surface area contributed by atoms with E-state index in [2.05, 4.69) is 29.0 Å². The minimum atomic E-state index is 0.800. The lowest BCUT2D eigenvalue weighted by atomic mass is 10.1. The van der Waals surface area contributed by atoms with Crippen molar-refractivity contribution in [1.82, 2.24) is 4.90 Å². The Labute approximate surface area is 102 Å². The molecule has 0 atom stereocenters. The molecule has 2 rings (SSSR count). The molecule has 1 aromatic rings. The van der Waals surface area contributed by atoms with Crippen LogP contribution < -0.4 is 4.90 Å². The molecule has 17 heavy (non-hydrogen) atoms. The molecule has 0 aliphatic carbocycles. The summed E-state index contributed by atoms with van der Waals surface area (Å²) in [6.45, 7) is 4.40. The van der Waals surface area contributed by atoms with E-state index in [-0.39, 0.29) is 0 Å². The summed E-state index contributed by atoms with van der Waals surface area (Å²) >= 11 is 0. The zero-order chi connectivity index (χ0) is 12.1. The fourth-order valence-electron chi connectivity index (χ4n) is 2.01. The topological polar surface area (TPSA) is 23.6 Å². The molecular formula is C14H18N2O. The van der Waals surface area contributed by atoms with Crippen molar-refractivity contribution in [3.05, 3.63) is 35.9 Å². The van der Waals surface area contributed by atoms with E-state index in [9.17, 15) is 4.79 Å². The summed E-state index contributed by atoms with van der Waals surface area (Å²) in [4.78, 5) is 15.0. The Balaban J connectivity index is 2.02. The van der Waals surface area contributed by atoms with Gasteiger partial charge in [0.15, 0.2) is 0 Å². The van der Waals surface area contributed by atoms with E-state index in [1.807, 2.05) is 18.2 Å². The number of carbonyl (C=O) groups excluding carboxylic acids is 1. The van der Waals surface area contributed by atoms with Crippen molar-refractivity contribution in [3.63, 3.8) is 0 Å². The number of carbonyl (C=O) groups is 1. The molecule has 0 unspecified atom stereocenters. The van der Waals surface area contributed by atoms with E-state index in [0.717, 1.165) is 38.0 Å². The minimum Gasteiger partial charge on any atom is -0.369 e. The largest absolute Gasteiger partial charge is 0.369 e. The average Bonchev–Trinajstić information content (AvgIpc) is 2.38. The van der Waals surface area contributed by atoms with Crippen LogP contribution in [0.4, 0.5) is 5.69 Å². The molecule has 1 aliphatic rings. The molecule has 3 nitrogen and oxygen atoms in total. The quantitative estimate of drug-likeness (QED) is 0.582. The maximum atomic E-state index is 10.2. The molecule has 0 aromatic heterocycles. The van der Waals surface area contributed by atoms with Crippen LogP contribution in [0.5, 0.6) is 0 Å². The molecule has 1 saturated heterocycles. The van der Waals surface area contributed by atoms with E-state index < -0.39 is 0 Å². The number of aldehydes is 1. The van der Waals surface area contributed by atoms with Crippen molar-refractivity contribution < 1.29 is 4.79 Å². The first-order valence-corrected chi connectivity index (χ1v) is 5.95. The van der Waals surface area contributed by atoms with E-state index in [1.54, 1.807) is 0 Å². The minimum absolute atomic E-state index is 0.800. The maximum absolute atomic E-state index is 10.2. The summed E-state index contributed by atoms with van der Waals surface area (Å²) in [6, 6.07) is 8.34. The summed E-state index contributed by atoms with van der Waals surface area (Å²) in [5.41, 5.74) is 2.33. The Bertz CT molecular complexity index is 389. The second-order valence-electron chi connectivity index (χ2n) is 4.38.